The molecule has 12 N–H and O–H groups in total. The van der Waals surface area contributed by atoms with Gasteiger partial charge in [-0.2, -0.15) is 11.8 Å². The summed E-state index contributed by atoms with van der Waals surface area (Å²) < 4.78 is 0. The quantitative estimate of drug-likeness (QED) is 0.0566. The van der Waals surface area contributed by atoms with Gasteiger partial charge < -0.3 is 44.0 Å². The molecule has 33 heavy (non-hydrogen) atoms. The SMILES string of the molecule is CSCCC(NC(=O)C(N)CCCCN)C(=O)NCC(=O)NC(CCCN=C(N)N)C(=O)O. The maximum absolute atomic E-state index is 12.5. The maximum atomic E-state index is 12.5. The topological polar surface area (TPSA) is 241 Å². The minimum Gasteiger partial charge on any atom is -0.480 e. The number of unbranched alkanes of at least 4 members (excludes halogenated alkanes) is 1. The number of amides is 3. The summed E-state index contributed by atoms with van der Waals surface area (Å²) in [4.78, 5) is 52.1. The van der Waals surface area contributed by atoms with Crippen LogP contribution in [-0.2, 0) is 19.2 Å². The van der Waals surface area contributed by atoms with Crippen LogP contribution in [0.25, 0.3) is 0 Å². The summed E-state index contributed by atoms with van der Waals surface area (Å²) >= 11 is 1.50. The zero-order valence-corrected chi connectivity index (χ0v) is 19.9. The predicted molar refractivity (Wildman–Crippen MR) is 128 cm³/mol. The fourth-order valence-electron chi connectivity index (χ4n) is 2.72. The lowest BCUT2D eigenvalue weighted by Gasteiger charge is -2.21. The third-order valence-electron chi connectivity index (χ3n) is 4.55. The fourth-order valence-corrected chi connectivity index (χ4v) is 3.19. The highest BCUT2D eigenvalue weighted by atomic mass is 32.2. The van der Waals surface area contributed by atoms with E-state index in [1.54, 1.807) is 0 Å². The largest absolute Gasteiger partial charge is 0.480 e. The van der Waals surface area contributed by atoms with Crippen LogP contribution in [-0.4, -0.2) is 84.5 Å². The van der Waals surface area contributed by atoms with Crippen LogP contribution in [0.5, 0.6) is 0 Å². The van der Waals surface area contributed by atoms with Crippen LogP contribution in [0.2, 0.25) is 0 Å². The third-order valence-corrected chi connectivity index (χ3v) is 5.20. The molecule has 0 aromatic carbocycles. The van der Waals surface area contributed by atoms with Crippen LogP contribution in [0.3, 0.4) is 0 Å². The molecule has 0 saturated heterocycles. The number of aliphatic carboxylic acids is 1. The van der Waals surface area contributed by atoms with Gasteiger partial charge in [0.1, 0.15) is 12.1 Å². The van der Waals surface area contributed by atoms with Gasteiger partial charge in [-0.25, -0.2) is 4.79 Å². The molecule has 0 aromatic rings. The molecular weight excluding hydrogens is 452 g/mol. The summed E-state index contributed by atoms with van der Waals surface area (Å²) in [5.41, 5.74) is 21.7. The van der Waals surface area contributed by atoms with Gasteiger partial charge in [-0.1, -0.05) is 6.42 Å². The first-order chi connectivity index (χ1) is 15.6. The summed E-state index contributed by atoms with van der Waals surface area (Å²) in [6, 6.07) is -2.78. The van der Waals surface area contributed by atoms with E-state index in [0.29, 0.717) is 38.0 Å². The van der Waals surface area contributed by atoms with Crippen LogP contribution >= 0.6 is 11.8 Å². The molecule has 0 rings (SSSR count). The fraction of sp³-hybridized carbons (Fsp3) is 0.737. The molecule has 13 nitrogen and oxygen atoms in total. The van der Waals surface area contributed by atoms with Gasteiger partial charge >= 0.3 is 5.97 Å². The van der Waals surface area contributed by atoms with Gasteiger partial charge in [0.2, 0.25) is 17.7 Å². The molecule has 190 valence electrons. The van der Waals surface area contributed by atoms with Crippen molar-refractivity contribution in [3.8, 4) is 0 Å². The van der Waals surface area contributed by atoms with E-state index in [1.165, 1.54) is 11.8 Å². The van der Waals surface area contributed by atoms with E-state index in [1.807, 2.05) is 6.26 Å². The lowest BCUT2D eigenvalue weighted by molar-refractivity contribution is -0.142. The first kappa shape index (κ1) is 30.4. The van der Waals surface area contributed by atoms with Gasteiger partial charge in [-0.05, 0) is 50.7 Å². The number of carboxylic acids is 1. The predicted octanol–water partition coefficient (Wildman–Crippen LogP) is -2.58. The molecule has 0 aliphatic heterocycles. The molecule has 0 heterocycles. The number of carbonyl (C=O) groups is 4. The molecule has 0 saturated carbocycles. The first-order valence-electron chi connectivity index (χ1n) is 10.7. The Morgan fingerprint density at radius 1 is 0.970 bits per heavy atom. The van der Waals surface area contributed by atoms with E-state index in [9.17, 15) is 24.3 Å². The van der Waals surface area contributed by atoms with Crippen LogP contribution in [0.4, 0.5) is 0 Å². The number of nitrogens with one attached hydrogen (secondary N) is 3. The summed E-state index contributed by atoms with van der Waals surface area (Å²) in [7, 11) is 0. The first-order valence-corrected chi connectivity index (χ1v) is 12.1. The number of nitrogens with zero attached hydrogens (tertiary/aromatic N) is 1. The number of hydrogen-bond donors (Lipinski definition) is 8. The van der Waals surface area contributed by atoms with Crippen molar-refractivity contribution in [3.63, 3.8) is 0 Å². The Kier molecular flexibility index (Phi) is 16.5. The smallest absolute Gasteiger partial charge is 0.326 e. The Labute approximate surface area is 198 Å². The lowest BCUT2D eigenvalue weighted by Crippen LogP contribution is -2.53. The molecule has 3 amide bonds. The van der Waals surface area contributed by atoms with Crippen molar-refractivity contribution in [2.45, 2.75) is 56.7 Å². The maximum Gasteiger partial charge on any atom is 0.326 e. The zero-order valence-electron chi connectivity index (χ0n) is 19.0. The van der Waals surface area contributed by atoms with E-state index >= 15 is 0 Å². The van der Waals surface area contributed by atoms with Gasteiger partial charge in [-0.3, -0.25) is 19.4 Å². The van der Waals surface area contributed by atoms with E-state index in [-0.39, 0.29) is 18.9 Å². The van der Waals surface area contributed by atoms with Crippen molar-refractivity contribution in [2.75, 3.05) is 31.6 Å². The Bertz CT molecular complexity index is 660. The summed E-state index contributed by atoms with van der Waals surface area (Å²) in [6.07, 6.45) is 4.56. The van der Waals surface area contributed by atoms with Crippen LogP contribution in [0.15, 0.2) is 4.99 Å². The molecule has 0 bridgehead atoms. The second kappa shape index (κ2) is 17.9. The second-order valence-corrected chi connectivity index (χ2v) is 8.34. The van der Waals surface area contributed by atoms with Gasteiger partial charge in [0, 0.05) is 6.54 Å². The van der Waals surface area contributed by atoms with Crippen molar-refractivity contribution in [2.24, 2.45) is 27.9 Å². The Morgan fingerprint density at radius 2 is 1.67 bits per heavy atom. The minimum atomic E-state index is -1.21. The number of guanidine groups is 1. The van der Waals surface area contributed by atoms with E-state index in [4.69, 9.17) is 22.9 Å². The molecule has 0 aliphatic carbocycles. The normalized spacial score (nSPS) is 13.3. The summed E-state index contributed by atoms with van der Waals surface area (Å²) in [5.74, 6) is -2.40. The van der Waals surface area contributed by atoms with Crippen molar-refractivity contribution in [1.29, 1.82) is 0 Å². The molecule has 0 fully saturated rings. The average molecular weight is 491 g/mol. The molecule has 3 unspecified atom stereocenters. The van der Waals surface area contributed by atoms with Crippen molar-refractivity contribution >= 4 is 41.4 Å². The molecule has 14 heteroatoms. The van der Waals surface area contributed by atoms with Crippen molar-refractivity contribution in [1.82, 2.24) is 16.0 Å². The van der Waals surface area contributed by atoms with Crippen molar-refractivity contribution < 1.29 is 24.3 Å². The van der Waals surface area contributed by atoms with Gasteiger partial charge in [0.05, 0.1) is 12.6 Å². The average Bonchev–Trinajstić information content (AvgIpc) is 2.76. The Hall–Kier alpha value is -2.58. The van der Waals surface area contributed by atoms with Gasteiger partial charge in [0.15, 0.2) is 5.96 Å². The number of hydrogen-bond acceptors (Lipinski definition) is 8. The lowest BCUT2D eigenvalue weighted by atomic mass is 10.1. The van der Waals surface area contributed by atoms with Crippen molar-refractivity contribution in [3.05, 3.63) is 0 Å². The van der Waals surface area contributed by atoms with Gasteiger partial charge in [0.25, 0.3) is 0 Å². The van der Waals surface area contributed by atoms with E-state index in [0.717, 1.165) is 6.42 Å². The van der Waals surface area contributed by atoms with Gasteiger partial charge in [-0.15, -0.1) is 0 Å². The Balaban J connectivity index is 4.72. The third kappa shape index (κ3) is 15.0. The summed E-state index contributed by atoms with van der Waals surface area (Å²) in [5, 5.41) is 16.7. The Morgan fingerprint density at radius 3 is 2.24 bits per heavy atom. The molecule has 0 aromatic heterocycles. The molecule has 3 atom stereocenters. The highest BCUT2D eigenvalue weighted by Crippen LogP contribution is 2.04. The second-order valence-electron chi connectivity index (χ2n) is 7.36. The number of carboxylic acid groups (broad SMARTS) is 1. The number of carbonyl (C=O) groups excluding carboxylic acids is 3. The number of aliphatic imine (C=N–C) groups is 1. The highest BCUT2D eigenvalue weighted by molar-refractivity contribution is 7.98. The van der Waals surface area contributed by atoms with E-state index in [2.05, 4.69) is 20.9 Å². The van der Waals surface area contributed by atoms with E-state index < -0.39 is 48.4 Å². The molecular formula is C19H38N8O5S. The highest BCUT2D eigenvalue weighted by Gasteiger charge is 2.25. The number of thioether (sulfide) groups is 1. The monoisotopic (exact) mass is 490 g/mol. The summed E-state index contributed by atoms with van der Waals surface area (Å²) in [6.45, 7) is 0.294. The standard InChI is InChI=1S/C19H38N8O5S/c1-33-10-7-13(27-16(29)12(21)5-2-3-8-20)17(30)25-11-15(28)26-14(18(31)32)6-4-9-24-19(22)23/h12-14H,2-11,20-21H2,1H3,(H,25,30)(H,26,28)(H,27,29)(H,31,32)(H4,22,23,24). The zero-order chi connectivity index (χ0) is 25.2. The van der Waals surface area contributed by atoms with Crippen LogP contribution < -0.4 is 38.9 Å². The van der Waals surface area contributed by atoms with Crippen LogP contribution in [0.1, 0.15) is 38.5 Å². The number of rotatable bonds is 18. The number of nitrogens with two attached hydrogens (primary N) is 4. The molecule has 0 radical (unpaired) electrons. The van der Waals surface area contributed by atoms with Crippen LogP contribution in [0, 0.1) is 0 Å². The molecule has 0 aliphatic rings. The molecule has 0 spiro atoms. The minimum absolute atomic E-state index is 0.103.